The molecule has 2 aliphatic carbocycles. The van der Waals surface area contributed by atoms with Gasteiger partial charge in [-0.2, -0.15) is 0 Å². The molecule has 0 saturated heterocycles. The third-order valence-corrected chi connectivity index (χ3v) is 6.99. The Hall–Kier alpha value is -3.52. The number of hydrogen-bond donors (Lipinski definition) is 0. The fourth-order valence-electron chi connectivity index (χ4n) is 5.59. The van der Waals surface area contributed by atoms with Crippen molar-refractivity contribution < 1.29 is 0 Å². The zero-order chi connectivity index (χ0) is 21.0. The first kappa shape index (κ1) is 18.3. The maximum absolute atomic E-state index is 5.17. The van der Waals surface area contributed by atoms with Crippen molar-refractivity contribution in [2.45, 2.75) is 25.2 Å². The van der Waals surface area contributed by atoms with Crippen molar-refractivity contribution in [1.29, 1.82) is 0 Å². The van der Waals surface area contributed by atoms with E-state index in [1.807, 2.05) is 18.2 Å². The quantitative estimate of drug-likeness (QED) is 0.364. The molecule has 2 heteroatoms. The molecule has 0 spiro atoms. The Balaban J connectivity index is 1.59. The molecule has 0 N–H and O–H groups in total. The number of para-hydroxylation sites is 1. The Labute approximate surface area is 183 Å². The van der Waals surface area contributed by atoms with Crippen molar-refractivity contribution in [3.63, 3.8) is 0 Å². The second-order valence-corrected chi connectivity index (χ2v) is 9.10. The highest BCUT2D eigenvalue weighted by Gasteiger charge is 2.48. The number of aromatic nitrogens is 2. The van der Waals surface area contributed by atoms with Crippen molar-refractivity contribution in [3.8, 4) is 11.4 Å². The smallest absolute Gasteiger partial charge is 0.160 e. The number of rotatable bonds is 2. The van der Waals surface area contributed by atoms with Crippen molar-refractivity contribution in [1.82, 2.24) is 9.97 Å². The number of allylic oxidation sites excluding steroid dienone is 4. The van der Waals surface area contributed by atoms with E-state index in [9.17, 15) is 0 Å². The van der Waals surface area contributed by atoms with Gasteiger partial charge < -0.3 is 0 Å². The average Bonchev–Trinajstić information content (AvgIpc) is 3.06. The highest BCUT2D eigenvalue weighted by molar-refractivity contribution is 5.93. The first-order valence-corrected chi connectivity index (χ1v) is 10.9. The van der Waals surface area contributed by atoms with Gasteiger partial charge in [0.1, 0.15) is 0 Å². The average molecular weight is 401 g/mol. The first-order chi connectivity index (χ1) is 15.1. The molecule has 2 unspecified atom stereocenters. The molecule has 0 radical (unpaired) electrons. The van der Waals surface area contributed by atoms with Crippen LogP contribution in [0.15, 0.2) is 97.1 Å². The van der Waals surface area contributed by atoms with E-state index >= 15 is 0 Å². The fraction of sp³-hybridized carbons (Fsp3) is 0.172. The summed E-state index contributed by atoms with van der Waals surface area (Å²) in [5, 5.41) is 1.12. The largest absolute Gasteiger partial charge is 0.228 e. The third-order valence-electron chi connectivity index (χ3n) is 6.99. The van der Waals surface area contributed by atoms with E-state index in [1.165, 1.54) is 16.7 Å². The Morgan fingerprint density at radius 1 is 0.774 bits per heavy atom. The Bertz CT molecular complexity index is 1360. The van der Waals surface area contributed by atoms with Gasteiger partial charge in [0, 0.05) is 22.8 Å². The van der Waals surface area contributed by atoms with Crippen molar-refractivity contribution in [3.05, 3.63) is 114 Å². The predicted octanol–water partition coefficient (Wildman–Crippen LogP) is 6.94. The van der Waals surface area contributed by atoms with Crippen molar-refractivity contribution in [2.24, 2.45) is 5.92 Å². The van der Waals surface area contributed by atoms with Crippen LogP contribution >= 0.6 is 0 Å². The van der Waals surface area contributed by atoms with E-state index in [-0.39, 0.29) is 5.41 Å². The summed E-state index contributed by atoms with van der Waals surface area (Å²) in [5.41, 5.74) is 7.33. The molecular formula is C29H24N2. The molecule has 0 fully saturated rings. The summed E-state index contributed by atoms with van der Waals surface area (Å²) in [6.07, 6.45) is 6.86. The number of benzene rings is 3. The monoisotopic (exact) mass is 400 g/mol. The van der Waals surface area contributed by atoms with E-state index in [4.69, 9.17) is 9.97 Å². The van der Waals surface area contributed by atoms with E-state index < -0.39 is 0 Å². The van der Waals surface area contributed by atoms with Crippen LogP contribution in [0.3, 0.4) is 0 Å². The summed E-state index contributed by atoms with van der Waals surface area (Å²) < 4.78 is 0. The maximum Gasteiger partial charge on any atom is 0.160 e. The van der Waals surface area contributed by atoms with Crippen LogP contribution in [0.5, 0.6) is 0 Å². The van der Waals surface area contributed by atoms with Gasteiger partial charge in [0.25, 0.3) is 0 Å². The minimum absolute atomic E-state index is 0.0246. The van der Waals surface area contributed by atoms with Crippen LogP contribution in [0.25, 0.3) is 27.9 Å². The molecule has 6 rings (SSSR count). The molecule has 3 aromatic carbocycles. The second kappa shape index (κ2) is 6.75. The normalized spacial score (nSPS) is 20.9. The summed E-state index contributed by atoms with van der Waals surface area (Å²) in [6.45, 7) is 4.76. The van der Waals surface area contributed by atoms with Gasteiger partial charge in [0.05, 0.1) is 11.2 Å². The molecule has 1 heterocycles. The predicted molar refractivity (Wildman–Crippen MR) is 128 cm³/mol. The van der Waals surface area contributed by atoms with Crippen LogP contribution in [-0.2, 0) is 5.41 Å². The Kier molecular flexibility index (Phi) is 3.97. The van der Waals surface area contributed by atoms with Gasteiger partial charge in [-0.25, -0.2) is 9.97 Å². The van der Waals surface area contributed by atoms with Crippen LogP contribution in [0.2, 0.25) is 0 Å². The SMILES string of the molecule is CC1(C)c2ccccc2C2C=CC=C(c3nc(-c4ccccc4)nc4ccccc34)C21. The van der Waals surface area contributed by atoms with Gasteiger partial charge in [-0.3, -0.25) is 0 Å². The van der Waals surface area contributed by atoms with E-state index in [0.29, 0.717) is 11.8 Å². The fourth-order valence-corrected chi connectivity index (χ4v) is 5.59. The molecule has 4 aromatic rings. The van der Waals surface area contributed by atoms with Crippen LogP contribution in [0.4, 0.5) is 0 Å². The minimum atomic E-state index is 0.0246. The lowest BCUT2D eigenvalue weighted by Crippen LogP contribution is -2.28. The summed E-state index contributed by atoms with van der Waals surface area (Å²) in [5.74, 6) is 1.51. The zero-order valence-electron chi connectivity index (χ0n) is 17.8. The highest BCUT2D eigenvalue weighted by atomic mass is 14.9. The molecule has 150 valence electrons. The lowest BCUT2D eigenvalue weighted by atomic mass is 9.69. The van der Waals surface area contributed by atoms with Gasteiger partial charge in [-0.05, 0) is 28.2 Å². The lowest BCUT2D eigenvalue weighted by molar-refractivity contribution is 0.406. The van der Waals surface area contributed by atoms with Crippen LogP contribution < -0.4 is 0 Å². The number of fused-ring (bicyclic) bond motifs is 4. The molecule has 2 atom stereocenters. The minimum Gasteiger partial charge on any atom is -0.228 e. The molecule has 0 aliphatic heterocycles. The summed E-state index contributed by atoms with van der Waals surface area (Å²) in [4.78, 5) is 10.1. The Morgan fingerprint density at radius 3 is 2.39 bits per heavy atom. The molecule has 1 aromatic heterocycles. The van der Waals surface area contributed by atoms with Gasteiger partial charge in [-0.15, -0.1) is 0 Å². The molecule has 0 amide bonds. The van der Waals surface area contributed by atoms with E-state index in [1.54, 1.807) is 0 Å². The van der Waals surface area contributed by atoms with Gasteiger partial charge in [-0.1, -0.05) is 105 Å². The van der Waals surface area contributed by atoms with E-state index in [0.717, 1.165) is 28.0 Å². The number of hydrogen-bond acceptors (Lipinski definition) is 2. The number of nitrogens with zero attached hydrogens (tertiary/aromatic N) is 2. The van der Waals surface area contributed by atoms with Crippen LogP contribution in [0.1, 0.15) is 36.6 Å². The molecular weight excluding hydrogens is 376 g/mol. The van der Waals surface area contributed by atoms with Gasteiger partial charge >= 0.3 is 0 Å². The summed E-state index contributed by atoms with van der Waals surface area (Å²) >= 11 is 0. The molecule has 2 nitrogen and oxygen atoms in total. The maximum atomic E-state index is 5.17. The topological polar surface area (TPSA) is 25.8 Å². The summed E-state index contributed by atoms with van der Waals surface area (Å²) in [6, 6.07) is 27.6. The van der Waals surface area contributed by atoms with Gasteiger partial charge in [0.2, 0.25) is 0 Å². The standard InChI is InChI=1S/C29H24N2/c1-29(2)24-17-8-6-13-20(24)21-15-10-16-23(26(21)29)27-22-14-7-9-18-25(22)30-28(31-27)19-11-4-3-5-12-19/h3-18,21,26H,1-2H3. The molecule has 2 aliphatic rings. The third kappa shape index (κ3) is 2.71. The van der Waals surface area contributed by atoms with Crippen LogP contribution in [0, 0.1) is 5.92 Å². The molecule has 31 heavy (non-hydrogen) atoms. The molecule has 0 bridgehead atoms. The van der Waals surface area contributed by atoms with Gasteiger partial charge in [0.15, 0.2) is 5.82 Å². The van der Waals surface area contributed by atoms with Crippen molar-refractivity contribution in [2.75, 3.05) is 0 Å². The van der Waals surface area contributed by atoms with Crippen molar-refractivity contribution >= 4 is 16.5 Å². The molecule has 0 saturated carbocycles. The lowest BCUT2D eigenvalue weighted by Gasteiger charge is -2.34. The Morgan fingerprint density at radius 2 is 1.52 bits per heavy atom. The first-order valence-electron chi connectivity index (χ1n) is 10.9. The zero-order valence-corrected chi connectivity index (χ0v) is 17.8. The van der Waals surface area contributed by atoms with E-state index in [2.05, 4.69) is 92.7 Å². The summed E-state index contributed by atoms with van der Waals surface area (Å²) in [7, 11) is 0. The highest BCUT2D eigenvalue weighted by Crippen LogP contribution is 2.57. The van der Waals surface area contributed by atoms with Crippen LogP contribution in [-0.4, -0.2) is 9.97 Å². The second-order valence-electron chi connectivity index (χ2n) is 9.10.